The molecule has 0 aliphatic heterocycles. The van der Waals surface area contributed by atoms with Gasteiger partial charge in [-0.05, 0) is 26.0 Å². The first-order valence-electron chi connectivity index (χ1n) is 6.77. The van der Waals surface area contributed by atoms with Gasteiger partial charge in [0.2, 0.25) is 0 Å². The summed E-state index contributed by atoms with van der Waals surface area (Å²) < 4.78 is 4.57. The van der Waals surface area contributed by atoms with Crippen LogP contribution >= 0.6 is 0 Å². The molecule has 1 heterocycles. The molecule has 1 atom stereocenters. The van der Waals surface area contributed by atoms with E-state index in [1.807, 2.05) is 13.8 Å². The number of carbonyl (C=O) groups excluding carboxylic acids is 2. The van der Waals surface area contributed by atoms with Crippen LogP contribution < -0.4 is 5.32 Å². The summed E-state index contributed by atoms with van der Waals surface area (Å²) in [5.74, 6) is -0.756. The van der Waals surface area contributed by atoms with Gasteiger partial charge in [0.05, 0.1) is 13.7 Å². The zero-order valence-corrected chi connectivity index (χ0v) is 12.5. The van der Waals surface area contributed by atoms with Crippen LogP contribution in [0.3, 0.4) is 0 Å². The monoisotopic (exact) mass is 295 g/mol. The Balaban J connectivity index is 2.90. The second-order valence-electron chi connectivity index (χ2n) is 4.31. The van der Waals surface area contributed by atoms with Crippen molar-refractivity contribution in [1.29, 1.82) is 0 Å². The molecule has 1 amide bonds. The third-order valence-corrected chi connectivity index (χ3v) is 3.04. The highest BCUT2D eigenvalue weighted by molar-refractivity contribution is 5.93. The highest BCUT2D eigenvalue weighted by Crippen LogP contribution is 2.12. The SMILES string of the molecule is CCN(CC)C(=O)c1cc(NC(CO)C(=O)OC)ccn1. The van der Waals surface area contributed by atoms with Gasteiger partial charge in [0.15, 0.2) is 0 Å². The number of hydrogen-bond donors (Lipinski definition) is 2. The standard InChI is InChI=1S/C14H21N3O4/c1-4-17(5-2)13(19)11-8-10(6-7-15-11)16-12(9-18)14(20)21-3/h6-8,12,18H,4-5,9H2,1-3H3,(H,15,16). The first-order chi connectivity index (χ1) is 10.1. The molecule has 1 aromatic heterocycles. The number of pyridine rings is 1. The average molecular weight is 295 g/mol. The fourth-order valence-electron chi connectivity index (χ4n) is 1.83. The van der Waals surface area contributed by atoms with Crippen LogP contribution in [-0.4, -0.2) is 59.7 Å². The minimum Gasteiger partial charge on any atom is -0.467 e. The molecular formula is C14H21N3O4. The van der Waals surface area contributed by atoms with Gasteiger partial charge in [0.1, 0.15) is 11.7 Å². The van der Waals surface area contributed by atoms with Gasteiger partial charge in [-0.2, -0.15) is 0 Å². The Morgan fingerprint density at radius 2 is 2.10 bits per heavy atom. The minimum absolute atomic E-state index is 0.178. The summed E-state index contributed by atoms with van der Waals surface area (Å²) in [5.41, 5.74) is 0.801. The normalized spacial score (nSPS) is 11.6. The Kier molecular flexibility index (Phi) is 6.61. The van der Waals surface area contributed by atoms with Crippen LogP contribution in [0, 0.1) is 0 Å². The molecule has 0 aliphatic carbocycles. The Bertz CT molecular complexity index is 489. The van der Waals surface area contributed by atoms with E-state index in [1.165, 1.54) is 13.3 Å². The summed E-state index contributed by atoms with van der Waals surface area (Å²) in [6, 6.07) is 2.28. The molecule has 21 heavy (non-hydrogen) atoms. The predicted molar refractivity (Wildman–Crippen MR) is 78.0 cm³/mol. The first kappa shape index (κ1) is 16.9. The van der Waals surface area contributed by atoms with Crippen molar-refractivity contribution in [2.75, 3.05) is 32.1 Å². The highest BCUT2D eigenvalue weighted by Gasteiger charge is 2.19. The first-order valence-corrected chi connectivity index (χ1v) is 6.77. The van der Waals surface area contributed by atoms with Gasteiger partial charge in [-0.1, -0.05) is 0 Å². The van der Waals surface area contributed by atoms with Crippen LogP contribution in [0.15, 0.2) is 18.3 Å². The van der Waals surface area contributed by atoms with E-state index in [9.17, 15) is 14.7 Å². The fourth-order valence-corrected chi connectivity index (χ4v) is 1.83. The van der Waals surface area contributed by atoms with Gasteiger partial charge in [0, 0.05) is 25.0 Å². The van der Waals surface area contributed by atoms with Crippen LogP contribution in [-0.2, 0) is 9.53 Å². The lowest BCUT2D eigenvalue weighted by Gasteiger charge is -2.19. The molecule has 1 aromatic rings. The summed E-state index contributed by atoms with van der Waals surface area (Å²) in [7, 11) is 1.24. The van der Waals surface area contributed by atoms with E-state index >= 15 is 0 Å². The molecule has 1 rings (SSSR count). The third-order valence-electron chi connectivity index (χ3n) is 3.04. The number of esters is 1. The average Bonchev–Trinajstić information content (AvgIpc) is 2.53. The van der Waals surface area contributed by atoms with Gasteiger partial charge >= 0.3 is 5.97 Å². The van der Waals surface area contributed by atoms with Crippen molar-refractivity contribution >= 4 is 17.6 Å². The second kappa shape index (κ2) is 8.21. The number of aliphatic hydroxyl groups is 1. The summed E-state index contributed by atoms with van der Waals surface area (Å²) in [4.78, 5) is 29.3. The number of carbonyl (C=O) groups is 2. The maximum Gasteiger partial charge on any atom is 0.330 e. The molecule has 116 valence electrons. The molecule has 0 aromatic carbocycles. The lowest BCUT2D eigenvalue weighted by molar-refractivity contribution is -0.142. The van der Waals surface area contributed by atoms with Gasteiger partial charge in [-0.25, -0.2) is 4.79 Å². The van der Waals surface area contributed by atoms with Crippen molar-refractivity contribution in [3.05, 3.63) is 24.0 Å². The molecule has 0 spiro atoms. The molecular weight excluding hydrogens is 274 g/mol. The topological polar surface area (TPSA) is 91.8 Å². The van der Waals surface area contributed by atoms with E-state index in [0.717, 1.165) is 0 Å². The van der Waals surface area contributed by atoms with Gasteiger partial charge in [-0.3, -0.25) is 9.78 Å². The molecule has 0 aliphatic rings. The number of ether oxygens (including phenoxy) is 1. The lowest BCUT2D eigenvalue weighted by Crippen LogP contribution is -2.34. The number of rotatable bonds is 7. The Morgan fingerprint density at radius 1 is 1.43 bits per heavy atom. The number of anilines is 1. The van der Waals surface area contributed by atoms with Crippen molar-refractivity contribution in [3.8, 4) is 0 Å². The Hall–Kier alpha value is -2.15. The number of aliphatic hydroxyl groups excluding tert-OH is 1. The zero-order chi connectivity index (χ0) is 15.8. The molecule has 0 saturated carbocycles. The lowest BCUT2D eigenvalue weighted by atomic mass is 10.2. The quantitative estimate of drug-likeness (QED) is 0.712. The van der Waals surface area contributed by atoms with Crippen molar-refractivity contribution in [2.45, 2.75) is 19.9 Å². The van der Waals surface area contributed by atoms with Crippen molar-refractivity contribution in [2.24, 2.45) is 0 Å². The molecule has 1 unspecified atom stereocenters. The maximum atomic E-state index is 12.2. The number of aromatic nitrogens is 1. The minimum atomic E-state index is -0.881. The van der Waals surface area contributed by atoms with E-state index < -0.39 is 18.6 Å². The number of methoxy groups -OCH3 is 1. The maximum absolute atomic E-state index is 12.2. The van der Waals surface area contributed by atoms with Crippen LogP contribution in [0.1, 0.15) is 24.3 Å². The molecule has 0 saturated heterocycles. The molecule has 7 heteroatoms. The molecule has 0 radical (unpaired) electrons. The molecule has 7 nitrogen and oxygen atoms in total. The van der Waals surface area contributed by atoms with Crippen LogP contribution in [0.4, 0.5) is 5.69 Å². The van der Waals surface area contributed by atoms with Crippen LogP contribution in [0.2, 0.25) is 0 Å². The van der Waals surface area contributed by atoms with Gasteiger partial charge < -0.3 is 20.1 Å². The fraction of sp³-hybridized carbons (Fsp3) is 0.500. The predicted octanol–water partition coefficient (Wildman–Crippen LogP) is 0.509. The summed E-state index contributed by atoms with van der Waals surface area (Å²) in [6.07, 6.45) is 1.48. The van der Waals surface area contributed by atoms with Gasteiger partial charge in [0.25, 0.3) is 5.91 Å². The Morgan fingerprint density at radius 3 is 2.62 bits per heavy atom. The van der Waals surface area contributed by atoms with Crippen LogP contribution in [0.25, 0.3) is 0 Å². The van der Waals surface area contributed by atoms with Crippen LogP contribution in [0.5, 0.6) is 0 Å². The number of amides is 1. The largest absolute Gasteiger partial charge is 0.467 e. The van der Waals surface area contributed by atoms with Crippen molar-refractivity contribution < 1.29 is 19.4 Å². The van der Waals surface area contributed by atoms with E-state index in [4.69, 9.17) is 0 Å². The van der Waals surface area contributed by atoms with Crippen molar-refractivity contribution in [1.82, 2.24) is 9.88 Å². The summed E-state index contributed by atoms with van der Waals surface area (Å²) in [5, 5.41) is 12.0. The smallest absolute Gasteiger partial charge is 0.330 e. The number of nitrogens with zero attached hydrogens (tertiary/aromatic N) is 2. The number of nitrogens with one attached hydrogen (secondary N) is 1. The third kappa shape index (κ3) is 4.42. The molecule has 2 N–H and O–H groups in total. The molecule has 0 bridgehead atoms. The molecule has 0 fully saturated rings. The zero-order valence-electron chi connectivity index (χ0n) is 12.5. The van der Waals surface area contributed by atoms with E-state index in [0.29, 0.717) is 18.8 Å². The van der Waals surface area contributed by atoms with E-state index in [1.54, 1.807) is 17.0 Å². The summed E-state index contributed by atoms with van der Waals surface area (Å²) >= 11 is 0. The second-order valence-corrected chi connectivity index (χ2v) is 4.31. The summed E-state index contributed by atoms with van der Waals surface area (Å²) in [6.45, 7) is 4.56. The van der Waals surface area contributed by atoms with Gasteiger partial charge in [-0.15, -0.1) is 0 Å². The highest BCUT2D eigenvalue weighted by atomic mass is 16.5. The number of hydrogen-bond acceptors (Lipinski definition) is 6. The van der Waals surface area contributed by atoms with Crippen molar-refractivity contribution in [3.63, 3.8) is 0 Å². The van der Waals surface area contributed by atoms with E-state index in [-0.39, 0.29) is 11.6 Å². The Labute approximate surface area is 123 Å². The van der Waals surface area contributed by atoms with E-state index in [2.05, 4.69) is 15.0 Å².